The molecule has 0 aromatic heterocycles. The molecular weight excluding hydrogens is 1040 g/mol. The second-order valence-electron chi connectivity index (χ2n) is 20.5. The summed E-state index contributed by atoms with van der Waals surface area (Å²) in [7, 11) is -5.64. The maximum absolute atomic E-state index is 14.0. The number of phosphoric ester groups is 1. The van der Waals surface area contributed by atoms with Crippen LogP contribution in [-0.4, -0.2) is 204 Å². The molecule has 450 valence electrons. The van der Waals surface area contributed by atoms with Gasteiger partial charge < -0.3 is 89.5 Å². The third-order valence-corrected chi connectivity index (χ3v) is 15.0. The molecule has 2 saturated heterocycles. The lowest BCUT2D eigenvalue weighted by molar-refractivity contribution is -0.360. The smallest absolute Gasteiger partial charge is 0.462 e. The van der Waals surface area contributed by atoms with Crippen molar-refractivity contribution in [2.24, 2.45) is 0 Å². The fourth-order valence-electron chi connectivity index (χ4n) is 9.23. The summed E-state index contributed by atoms with van der Waals surface area (Å²) in [6.45, 7) is 0.936. The highest BCUT2D eigenvalue weighted by molar-refractivity contribution is 7.47. The number of carbonyl (C=O) groups is 2. The number of carbonyl (C=O) groups excluding carboxylic acids is 2. The molecule has 12 N–H and O–H groups in total. The van der Waals surface area contributed by atoms with Crippen molar-refractivity contribution < 1.29 is 113 Å². The Kier molecular flexibility index (Phi) is 34.7. The van der Waals surface area contributed by atoms with Crippen LogP contribution in [0, 0.1) is 0 Å². The fourth-order valence-corrected chi connectivity index (χ4v) is 10.2. The van der Waals surface area contributed by atoms with Crippen LogP contribution in [0.25, 0.3) is 0 Å². The molecule has 0 bridgehead atoms. The van der Waals surface area contributed by atoms with E-state index in [0.29, 0.717) is 19.3 Å². The van der Waals surface area contributed by atoms with Crippen molar-refractivity contribution in [2.75, 3.05) is 26.4 Å². The molecule has 1 aliphatic carbocycles. The Morgan fingerprint density at radius 3 is 1.27 bits per heavy atom. The standard InChI is InChI=1S/C53H95O23P/c1-3-5-7-9-11-13-15-17-19-21-23-25-27-29-38(56)69-33-35(71-39(57)30-28-26-24-22-20-18-16-14-12-10-8-6-4-2)34-70-77(67,68)76-51-49(74-52-47(65)42(60)40(58)36(31-54)72-52)45(63)44(62)46(64)50(51)75-53-48(66)43(61)41(59)37(32-55)73-53/h17-20,35-37,40-55,58-66H,3-16,21-34H2,1-2H3,(H,67,68). The van der Waals surface area contributed by atoms with Gasteiger partial charge in [-0.2, -0.15) is 0 Å². The molecule has 1 saturated carbocycles. The zero-order valence-corrected chi connectivity index (χ0v) is 46.1. The molecule has 24 heteroatoms. The summed E-state index contributed by atoms with van der Waals surface area (Å²) < 4.78 is 57.9. The lowest BCUT2D eigenvalue weighted by Crippen LogP contribution is -2.69. The van der Waals surface area contributed by atoms with Gasteiger partial charge in [-0.25, -0.2) is 4.57 Å². The highest BCUT2D eigenvalue weighted by atomic mass is 31.2. The maximum atomic E-state index is 14.0. The Morgan fingerprint density at radius 2 is 0.857 bits per heavy atom. The minimum absolute atomic E-state index is 0.0296. The Bertz CT molecular complexity index is 1640. The van der Waals surface area contributed by atoms with Crippen LogP contribution in [0.2, 0.25) is 0 Å². The summed E-state index contributed by atoms with van der Waals surface area (Å²) in [5, 5.41) is 116. The van der Waals surface area contributed by atoms with Crippen molar-refractivity contribution in [2.45, 2.75) is 272 Å². The van der Waals surface area contributed by atoms with E-state index in [1.165, 1.54) is 64.2 Å². The van der Waals surface area contributed by atoms with Crippen LogP contribution in [0.15, 0.2) is 24.3 Å². The van der Waals surface area contributed by atoms with Crippen molar-refractivity contribution in [3.8, 4) is 0 Å². The van der Waals surface area contributed by atoms with Gasteiger partial charge in [0, 0.05) is 12.8 Å². The van der Waals surface area contributed by atoms with Gasteiger partial charge in [-0.1, -0.05) is 115 Å². The Balaban J connectivity index is 1.74. The first-order valence-electron chi connectivity index (χ1n) is 28.2. The number of unbranched alkanes of at least 4 members (excludes halogenated alkanes) is 18. The van der Waals surface area contributed by atoms with Gasteiger partial charge in [0.1, 0.15) is 92.1 Å². The van der Waals surface area contributed by atoms with Gasteiger partial charge in [-0.15, -0.1) is 0 Å². The van der Waals surface area contributed by atoms with E-state index in [0.717, 1.165) is 57.8 Å². The third-order valence-electron chi connectivity index (χ3n) is 14.0. The maximum Gasteiger partial charge on any atom is 0.472 e. The lowest BCUT2D eigenvalue weighted by atomic mass is 9.84. The Hall–Kier alpha value is -2.07. The predicted octanol–water partition coefficient (Wildman–Crippen LogP) is 2.92. The lowest BCUT2D eigenvalue weighted by Gasteiger charge is -2.49. The number of ether oxygens (including phenoxy) is 6. The van der Waals surface area contributed by atoms with Gasteiger partial charge in [0.05, 0.1) is 19.8 Å². The fraction of sp³-hybridized carbons (Fsp3) is 0.887. The van der Waals surface area contributed by atoms with Gasteiger partial charge in [-0.3, -0.25) is 18.6 Å². The molecular formula is C53H95O23P. The van der Waals surface area contributed by atoms with Crippen molar-refractivity contribution in [1.82, 2.24) is 0 Å². The third kappa shape index (κ3) is 24.9. The topological polar surface area (TPSA) is 368 Å². The molecule has 16 unspecified atom stereocenters. The average Bonchev–Trinajstić information content (AvgIpc) is 3.43. The first kappa shape index (κ1) is 69.2. The minimum atomic E-state index is -5.64. The number of allylic oxidation sites excluding steroid dienone is 4. The minimum Gasteiger partial charge on any atom is -0.462 e. The largest absolute Gasteiger partial charge is 0.472 e. The number of hydrogen-bond acceptors (Lipinski definition) is 22. The first-order valence-corrected chi connectivity index (χ1v) is 29.7. The molecule has 0 aromatic rings. The molecule has 0 amide bonds. The second-order valence-corrected chi connectivity index (χ2v) is 21.9. The van der Waals surface area contributed by atoms with Crippen molar-refractivity contribution >= 4 is 19.8 Å². The normalized spacial score (nSPS) is 32.1. The van der Waals surface area contributed by atoms with E-state index in [2.05, 4.69) is 38.2 Å². The molecule has 0 radical (unpaired) electrons. The van der Waals surface area contributed by atoms with E-state index in [-0.39, 0.29) is 12.8 Å². The van der Waals surface area contributed by atoms with Gasteiger partial charge in [-0.05, 0) is 64.2 Å². The molecule has 23 nitrogen and oxygen atoms in total. The summed E-state index contributed by atoms with van der Waals surface area (Å²) in [5.74, 6) is -1.37. The zero-order chi connectivity index (χ0) is 56.8. The average molecular weight is 1130 g/mol. The van der Waals surface area contributed by atoms with Crippen LogP contribution in [0.5, 0.6) is 0 Å². The zero-order valence-electron chi connectivity index (χ0n) is 45.2. The molecule has 3 rings (SSSR count). The van der Waals surface area contributed by atoms with E-state index in [4.69, 9.17) is 37.5 Å². The van der Waals surface area contributed by atoms with Crippen LogP contribution >= 0.6 is 7.82 Å². The first-order chi connectivity index (χ1) is 36.9. The van der Waals surface area contributed by atoms with E-state index >= 15 is 0 Å². The van der Waals surface area contributed by atoms with Gasteiger partial charge >= 0.3 is 19.8 Å². The molecule has 3 fully saturated rings. The highest BCUT2D eigenvalue weighted by Gasteiger charge is 2.58. The molecule has 77 heavy (non-hydrogen) atoms. The summed E-state index contributed by atoms with van der Waals surface area (Å²) in [6.07, 6.45) is -3.84. The summed E-state index contributed by atoms with van der Waals surface area (Å²) in [4.78, 5) is 37.4. The number of esters is 2. The van der Waals surface area contributed by atoms with Crippen molar-refractivity contribution in [1.29, 1.82) is 0 Å². The number of phosphoric acid groups is 1. The molecule has 3 aliphatic rings. The van der Waals surface area contributed by atoms with Crippen LogP contribution in [0.4, 0.5) is 0 Å². The monoisotopic (exact) mass is 1130 g/mol. The van der Waals surface area contributed by atoms with Gasteiger partial charge in [0.15, 0.2) is 18.7 Å². The quantitative estimate of drug-likeness (QED) is 0.0182. The van der Waals surface area contributed by atoms with Crippen LogP contribution in [-0.2, 0) is 51.6 Å². The second kappa shape index (κ2) is 38.6. The van der Waals surface area contributed by atoms with Crippen LogP contribution in [0.3, 0.4) is 0 Å². The highest BCUT2D eigenvalue weighted by Crippen LogP contribution is 2.49. The van der Waals surface area contributed by atoms with Crippen LogP contribution < -0.4 is 0 Å². The van der Waals surface area contributed by atoms with Crippen molar-refractivity contribution in [3.05, 3.63) is 24.3 Å². The number of hydrogen-bond donors (Lipinski definition) is 12. The predicted molar refractivity (Wildman–Crippen MR) is 277 cm³/mol. The van der Waals surface area contributed by atoms with Crippen LogP contribution in [0.1, 0.15) is 168 Å². The van der Waals surface area contributed by atoms with E-state index in [1.807, 2.05) is 0 Å². The van der Waals surface area contributed by atoms with E-state index in [9.17, 15) is 75.2 Å². The summed E-state index contributed by atoms with van der Waals surface area (Å²) in [5.41, 5.74) is 0. The molecule has 2 heterocycles. The van der Waals surface area contributed by atoms with E-state index in [1.54, 1.807) is 0 Å². The number of aliphatic hydroxyl groups excluding tert-OH is 11. The Labute approximate surface area is 454 Å². The molecule has 2 aliphatic heterocycles. The number of aliphatic hydroxyl groups is 11. The van der Waals surface area contributed by atoms with Gasteiger partial charge in [0.25, 0.3) is 0 Å². The summed E-state index contributed by atoms with van der Waals surface area (Å²) >= 11 is 0. The SMILES string of the molecule is CCCCCCCCC=CCCCCCC(=O)OCC(COP(=O)(O)OC1C(OC2OC(CO)C(O)C(O)C2O)C(O)C(O)C(O)C1OC1OC(CO)C(O)C(O)C1O)OC(=O)CCCCCC=CCCCCCCCC. The summed E-state index contributed by atoms with van der Waals surface area (Å²) in [6, 6.07) is 0. The van der Waals surface area contributed by atoms with Gasteiger partial charge in [0.2, 0.25) is 0 Å². The van der Waals surface area contributed by atoms with Crippen molar-refractivity contribution in [3.63, 3.8) is 0 Å². The molecule has 0 spiro atoms. The van der Waals surface area contributed by atoms with E-state index < -0.39 is 150 Å². The molecule has 16 atom stereocenters. The Morgan fingerprint density at radius 1 is 0.481 bits per heavy atom. The number of rotatable bonds is 40. The molecule has 0 aromatic carbocycles.